The molecule has 1 fully saturated rings. The molecule has 0 aliphatic carbocycles. The van der Waals surface area contributed by atoms with E-state index in [9.17, 15) is 0 Å². The fraction of sp³-hybridized carbons (Fsp3) is 0.875. The van der Waals surface area contributed by atoms with E-state index >= 15 is 0 Å². The number of hydrogen-bond donors (Lipinski definition) is 0. The average molecular weight is 139 g/mol. The summed E-state index contributed by atoms with van der Waals surface area (Å²) in [5.74, 6) is 0. The Morgan fingerprint density at radius 2 is 2.40 bits per heavy atom. The monoisotopic (exact) mass is 139 g/mol. The quantitative estimate of drug-likeness (QED) is 0.554. The molecule has 1 rings (SSSR count). The summed E-state index contributed by atoms with van der Waals surface area (Å²) >= 11 is 0. The van der Waals surface area contributed by atoms with Crippen LogP contribution in [-0.4, -0.2) is 12.7 Å². The largest absolute Gasteiger partial charge is 0.377 e. The molecule has 1 aliphatic heterocycles. The van der Waals surface area contributed by atoms with Crippen molar-refractivity contribution in [3.63, 3.8) is 0 Å². The van der Waals surface area contributed by atoms with Crippen LogP contribution in [0.5, 0.6) is 0 Å². The first-order valence-corrected chi connectivity index (χ1v) is 3.65. The van der Waals surface area contributed by atoms with Crippen molar-refractivity contribution in [2.45, 2.75) is 32.8 Å². The van der Waals surface area contributed by atoms with Gasteiger partial charge >= 0.3 is 0 Å². The summed E-state index contributed by atoms with van der Waals surface area (Å²) in [7, 11) is 0. The molecule has 1 aliphatic rings. The summed E-state index contributed by atoms with van der Waals surface area (Å²) in [6.07, 6.45) is 1.78. The Morgan fingerprint density at radius 3 is 2.80 bits per heavy atom. The van der Waals surface area contributed by atoms with Crippen molar-refractivity contribution in [1.82, 2.24) is 0 Å². The van der Waals surface area contributed by atoms with Crippen molar-refractivity contribution in [1.29, 1.82) is 5.26 Å². The zero-order chi connectivity index (χ0) is 7.61. The van der Waals surface area contributed by atoms with Gasteiger partial charge in [-0.1, -0.05) is 13.8 Å². The van der Waals surface area contributed by atoms with Gasteiger partial charge in [0.25, 0.3) is 0 Å². The number of nitriles is 1. The van der Waals surface area contributed by atoms with Crippen LogP contribution >= 0.6 is 0 Å². The molecule has 0 amide bonds. The van der Waals surface area contributed by atoms with Crippen LogP contribution in [0, 0.1) is 16.7 Å². The maximum atomic E-state index is 8.43. The van der Waals surface area contributed by atoms with E-state index in [2.05, 4.69) is 19.9 Å². The Bertz CT molecular complexity index is 157. The molecule has 1 unspecified atom stereocenters. The fourth-order valence-corrected chi connectivity index (χ4v) is 1.27. The Morgan fingerprint density at radius 1 is 1.70 bits per heavy atom. The fourth-order valence-electron chi connectivity index (χ4n) is 1.27. The van der Waals surface area contributed by atoms with E-state index in [1.807, 2.05) is 0 Å². The molecule has 10 heavy (non-hydrogen) atoms. The van der Waals surface area contributed by atoms with E-state index in [1.165, 1.54) is 0 Å². The van der Waals surface area contributed by atoms with Gasteiger partial charge < -0.3 is 4.74 Å². The van der Waals surface area contributed by atoms with Gasteiger partial charge in [0, 0.05) is 6.61 Å². The smallest absolute Gasteiger partial charge is 0.0756 e. The molecule has 0 saturated carbocycles. The predicted molar refractivity (Wildman–Crippen MR) is 38.4 cm³/mol. The first-order chi connectivity index (χ1) is 4.67. The molecule has 0 aromatic rings. The summed E-state index contributed by atoms with van der Waals surface area (Å²) < 4.78 is 5.39. The highest BCUT2D eigenvalue weighted by molar-refractivity contribution is 4.90. The van der Waals surface area contributed by atoms with Crippen LogP contribution in [0.25, 0.3) is 0 Å². The standard InChI is InChI=1S/C8H13NO/c1-8(2)4-6-10-7(8)3-5-9/h7H,3-4,6H2,1-2H3. The summed E-state index contributed by atoms with van der Waals surface area (Å²) in [4.78, 5) is 0. The van der Waals surface area contributed by atoms with Crippen molar-refractivity contribution in [2.75, 3.05) is 6.61 Å². The average Bonchev–Trinajstić information content (AvgIpc) is 2.13. The van der Waals surface area contributed by atoms with E-state index in [0.717, 1.165) is 13.0 Å². The van der Waals surface area contributed by atoms with Gasteiger partial charge in [0.05, 0.1) is 18.6 Å². The Kier molecular flexibility index (Phi) is 1.96. The Balaban J connectivity index is 2.53. The van der Waals surface area contributed by atoms with Gasteiger partial charge in [-0.15, -0.1) is 0 Å². The molecular weight excluding hydrogens is 126 g/mol. The number of ether oxygens (including phenoxy) is 1. The second kappa shape index (κ2) is 2.59. The second-order valence-corrected chi connectivity index (χ2v) is 3.46. The molecule has 1 saturated heterocycles. The zero-order valence-corrected chi connectivity index (χ0v) is 6.55. The number of nitrogens with zero attached hydrogens (tertiary/aromatic N) is 1. The van der Waals surface area contributed by atoms with Gasteiger partial charge in [-0.3, -0.25) is 0 Å². The van der Waals surface area contributed by atoms with Crippen molar-refractivity contribution < 1.29 is 4.74 Å². The van der Waals surface area contributed by atoms with Crippen LogP contribution in [0.3, 0.4) is 0 Å². The highest BCUT2D eigenvalue weighted by Crippen LogP contribution is 2.35. The van der Waals surface area contributed by atoms with Crippen LogP contribution in [0.1, 0.15) is 26.7 Å². The van der Waals surface area contributed by atoms with Gasteiger partial charge in [-0.05, 0) is 11.8 Å². The maximum Gasteiger partial charge on any atom is 0.0756 e. The molecule has 2 heteroatoms. The highest BCUT2D eigenvalue weighted by atomic mass is 16.5. The van der Waals surface area contributed by atoms with Gasteiger partial charge in [0.2, 0.25) is 0 Å². The van der Waals surface area contributed by atoms with E-state index < -0.39 is 0 Å². The third-order valence-corrected chi connectivity index (χ3v) is 2.21. The lowest BCUT2D eigenvalue weighted by Crippen LogP contribution is -2.23. The van der Waals surface area contributed by atoms with Crippen molar-refractivity contribution in [3.05, 3.63) is 0 Å². The number of hydrogen-bond acceptors (Lipinski definition) is 2. The molecule has 0 spiro atoms. The SMILES string of the molecule is CC1(C)CCOC1CC#N. The molecule has 0 bridgehead atoms. The molecule has 0 N–H and O–H groups in total. The maximum absolute atomic E-state index is 8.43. The zero-order valence-electron chi connectivity index (χ0n) is 6.55. The van der Waals surface area contributed by atoms with Gasteiger partial charge in [-0.2, -0.15) is 5.26 Å². The Labute approximate surface area is 61.8 Å². The van der Waals surface area contributed by atoms with Crippen LogP contribution in [0.15, 0.2) is 0 Å². The van der Waals surface area contributed by atoms with Crippen LogP contribution in [0.2, 0.25) is 0 Å². The summed E-state index contributed by atoms with van der Waals surface area (Å²) in [6, 6.07) is 2.14. The molecule has 0 aromatic carbocycles. The molecule has 56 valence electrons. The van der Waals surface area contributed by atoms with E-state index in [4.69, 9.17) is 10.00 Å². The molecule has 2 nitrogen and oxygen atoms in total. The minimum Gasteiger partial charge on any atom is -0.377 e. The minimum absolute atomic E-state index is 0.164. The highest BCUT2D eigenvalue weighted by Gasteiger charge is 2.35. The lowest BCUT2D eigenvalue weighted by molar-refractivity contribution is 0.0680. The lowest BCUT2D eigenvalue weighted by Gasteiger charge is -2.22. The first-order valence-electron chi connectivity index (χ1n) is 3.65. The normalized spacial score (nSPS) is 29.9. The van der Waals surface area contributed by atoms with Crippen LogP contribution < -0.4 is 0 Å². The van der Waals surface area contributed by atoms with Crippen LogP contribution in [0.4, 0.5) is 0 Å². The van der Waals surface area contributed by atoms with E-state index in [0.29, 0.717) is 6.42 Å². The number of rotatable bonds is 1. The third kappa shape index (κ3) is 1.30. The van der Waals surface area contributed by atoms with E-state index in [1.54, 1.807) is 0 Å². The minimum atomic E-state index is 0.164. The predicted octanol–water partition coefficient (Wildman–Crippen LogP) is 1.72. The molecule has 0 aromatic heterocycles. The molecule has 1 atom stereocenters. The van der Waals surface area contributed by atoms with Crippen molar-refractivity contribution in [3.8, 4) is 6.07 Å². The second-order valence-electron chi connectivity index (χ2n) is 3.46. The van der Waals surface area contributed by atoms with Gasteiger partial charge in [-0.25, -0.2) is 0 Å². The summed E-state index contributed by atoms with van der Waals surface area (Å²) in [5.41, 5.74) is 0.218. The van der Waals surface area contributed by atoms with Gasteiger partial charge in [0.15, 0.2) is 0 Å². The van der Waals surface area contributed by atoms with E-state index in [-0.39, 0.29) is 11.5 Å². The van der Waals surface area contributed by atoms with Crippen LogP contribution in [-0.2, 0) is 4.74 Å². The Hall–Kier alpha value is -0.550. The van der Waals surface area contributed by atoms with Crippen molar-refractivity contribution >= 4 is 0 Å². The summed E-state index contributed by atoms with van der Waals surface area (Å²) in [6.45, 7) is 5.13. The topological polar surface area (TPSA) is 33.0 Å². The van der Waals surface area contributed by atoms with Gasteiger partial charge in [0.1, 0.15) is 0 Å². The molecule has 0 radical (unpaired) electrons. The molecule has 1 heterocycles. The lowest BCUT2D eigenvalue weighted by atomic mass is 9.84. The molecular formula is C8H13NO. The first kappa shape index (κ1) is 7.56. The third-order valence-electron chi connectivity index (χ3n) is 2.21. The summed E-state index contributed by atoms with van der Waals surface area (Å²) in [5, 5.41) is 8.43. The van der Waals surface area contributed by atoms with Crippen molar-refractivity contribution in [2.24, 2.45) is 5.41 Å².